The molecule has 2 atom stereocenters. The molecule has 6 heteroatoms. The van der Waals surface area contributed by atoms with Crippen molar-refractivity contribution in [3.05, 3.63) is 170 Å². The summed E-state index contributed by atoms with van der Waals surface area (Å²) in [5, 5.41) is 0.339. The molecule has 9 rings (SSSR count). The number of allylic oxidation sites excluding steroid dienone is 3. The number of hydrogen-bond acceptors (Lipinski definition) is 6. The van der Waals surface area contributed by atoms with Crippen molar-refractivity contribution >= 4 is 11.8 Å². The maximum absolute atomic E-state index is 5.14. The van der Waals surface area contributed by atoms with Crippen molar-refractivity contribution < 1.29 is 0 Å². The van der Waals surface area contributed by atoms with E-state index in [4.69, 9.17) is 19.9 Å². The molecule has 0 amide bonds. The van der Waals surface area contributed by atoms with Crippen LogP contribution in [0.1, 0.15) is 11.6 Å². The van der Waals surface area contributed by atoms with Crippen molar-refractivity contribution in [2.24, 2.45) is 0 Å². The second-order valence-electron chi connectivity index (χ2n) is 12.1. The summed E-state index contributed by atoms with van der Waals surface area (Å²) in [6.07, 6.45) is 12.5. The third kappa shape index (κ3) is 5.66. The number of rotatable bonds is 6. The van der Waals surface area contributed by atoms with Gasteiger partial charge in [-0.3, -0.25) is 9.97 Å². The number of fused-ring (bicyclic) bond motifs is 3. The Kier molecular flexibility index (Phi) is 7.48. The van der Waals surface area contributed by atoms with Crippen LogP contribution in [0.25, 0.3) is 67.7 Å². The average molecular weight is 648 g/mol. The van der Waals surface area contributed by atoms with Crippen LogP contribution in [-0.4, -0.2) is 30.2 Å². The van der Waals surface area contributed by atoms with E-state index in [1.165, 1.54) is 4.90 Å². The van der Waals surface area contributed by atoms with E-state index in [1.807, 2.05) is 78.6 Å². The Morgan fingerprint density at radius 3 is 1.84 bits per heavy atom. The zero-order valence-electron chi connectivity index (χ0n) is 26.4. The molecule has 0 radical (unpaired) electrons. The molecule has 7 aromatic rings. The zero-order chi connectivity index (χ0) is 32.6. The lowest BCUT2D eigenvalue weighted by molar-refractivity contribution is 0.829. The van der Waals surface area contributed by atoms with Gasteiger partial charge in [0.05, 0.1) is 39.1 Å². The van der Waals surface area contributed by atoms with Crippen LogP contribution in [0.15, 0.2) is 169 Å². The van der Waals surface area contributed by atoms with Crippen LogP contribution in [-0.2, 0) is 0 Å². The maximum Gasteiger partial charge on any atom is 0.160 e. The highest BCUT2D eigenvalue weighted by Crippen LogP contribution is 2.51. The minimum atomic E-state index is 0.251. The number of pyridine rings is 3. The third-order valence-corrected chi connectivity index (χ3v) is 10.3. The van der Waals surface area contributed by atoms with Crippen LogP contribution in [0.3, 0.4) is 0 Å². The normalized spacial score (nSPS) is 15.9. The lowest BCUT2D eigenvalue weighted by Gasteiger charge is -2.14. The fourth-order valence-electron chi connectivity index (χ4n) is 6.45. The van der Waals surface area contributed by atoms with Gasteiger partial charge in [-0.05, 0) is 47.0 Å². The monoisotopic (exact) mass is 647 g/mol. The van der Waals surface area contributed by atoms with Crippen LogP contribution in [0, 0.1) is 0 Å². The molecule has 1 aliphatic heterocycles. The average Bonchev–Trinajstić information content (AvgIpc) is 3.57. The molecule has 5 nitrogen and oxygen atoms in total. The van der Waals surface area contributed by atoms with E-state index in [1.54, 1.807) is 6.20 Å². The summed E-state index contributed by atoms with van der Waals surface area (Å²) in [5.41, 5.74) is 11.8. The van der Waals surface area contributed by atoms with Crippen LogP contribution < -0.4 is 0 Å². The third-order valence-electron chi connectivity index (χ3n) is 8.96. The fraction of sp³-hybridized carbons (Fsp3) is 0.0465. The molecule has 3 aromatic carbocycles. The summed E-state index contributed by atoms with van der Waals surface area (Å²) >= 11 is 1.86. The molecular formula is C43H29N5S. The van der Waals surface area contributed by atoms with Gasteiger partial charge in [0, 0.05) is 40.3 Å². The summed E-state index contributed by atoms with van der Waals surface area (Å²) in [4.78, 5) is 25.8. The molecule has 4 aromatic heterocycles. The first kappa shape index (κ1) is 29.2. The van der Waals surface area contributed by atoms with E-state index < -0.39 is 0 Å². The molecule has 0 fully saturated rings. The van der Waals surface area contributed by atoms with E-state index >= 15 is 0 Å². The van der Waals surface area contributed by atoms with Crippen molar-refractivity contribution in [1.82, 2.24) is 24.9 Å². The molecule has 0 spiro atoms. The van der Waals surface area contributed by atoms with Gasteiger partial charge < -0.3 is 0 Å². The highest BCUT2D eigenvalue weighted by molar-refractivity contribution is 8.00. The van der Waals surface area contributed by atoms with Crippen molar-refractivity contribution in [2.75, 3.05) is 0 Å². The molecule has 0 saturated heterocycles. The Morgan fingerprint density at radius 1 is 0.469 bits per heavy atom. The van der Waals surface area contributed by atoms with Gasteiger partial charge in [-0.15, -0.1) is 11.8 Å². The molecule has 5 heterocycles. The summed E-state index contributed by atoms with van der Waals surface area (Å²) in [7, 11) is 0. The SMILES string of the molecule is C1=CC2Sc3c(-c4ccc(-c5ccc(-c6cc(-c7ccccc7)cc(-c7ccccn7)n6)nc5)cc4)nc(-c4ccccc4)nc3C2C=C1. The summed E-state index contributed by atoms with van der Waals surface area (Å²) in [6.45, 7) is 0. The van der Waals surface area contributed by atoms with Crippen molar-refractivity contribution in [2.45, 2.75) is 16.1 Å². The van der Waals surface area contributed by atoms with Crippen LogP contribution >= 0.6 is 11.8 Å². The van der Waals surface area contributed by atoms with E-state index in [-0.39, 0.29) is 5.92 Å². The fourth-order valence-corrected chi connectivity index (χ4v) is 7.83. The minimum absolute atomic E-state index is 0.251. The molecule has 1 aliphatic carbocycles. The number of aromatic nitrogens is 5. The van der Waals surface area contributed by atoms with E-state index in [0.717, 1.165) is 73.4 Å². The van der Waals surface area contributed by atoms with Crippen molar-refractivity contribution in [1.29, 1.82) is 0 Å². The summed E-state index contributed by atoms with van der Waals surface area (Å²) < 4.78 is 0. The number of nitrogens with zero attached hydrogens (tertiary/aromatic N) is 5. The lowest BCUT2D eigenvalue weighted by atomic mass is 9.95. The van der Waals surface area contributed by atoms with E-state index in [0.29, 0.717) is 5.25 Å². The maximum atomic E-state index is 5.14. The highest BCUT2D eigenvalue weighted by atomic mass is 32.2. The smallest absolute Gasteiger partial charge is 0.160 e. The molecular weight excluding hydrogens is 619 g/mol. The molecule has 232 valence electrons. The predicted octanol–water partition coefficient (Wildman–Crippen LogP) is 10.3. The quantitative estimate of drug-likeness (QED) is 0.179. The highest BCUT2D eigenvalue weighted by Gasteiger charge is 2.35. The van der Waals surface area contributed by atoms with Crippen molar-refractivity contribution in [3.8, 4) is 67.7 Å². The first-order valence-corrected chi connectivity index (χ1v) is 17.2. The zero-order valence-corrected chi connectivity index (χ0v) is 27.2. The Balaban J connectivity index is 1.05. The predicted molar refractivity (Wildman–Crippen MR) is 199 cm³/mol. The Bertz CT molecular complexity index is 2280. The number of thioether (sulfide) groups is 1. The molecule has 49 heavy (non-hydrogen) atoms. The van der Waals surface area contributed by atoms with Gasteiger partial charge in [-0.25, -0.2) is 15.0 Å². The van der Waals surface area contributed by atoms with Gasteiger partial charge in [0.2, 0.25) is 0 Å². The van der Waals surface area contributed by atoms with E-state index in [9.17, 15) is 0 Å². The standard InChI is InChI=1S/C43H29N5S/c1-3-11-28(12-4-1)33-25-37(35-16-9-10-24-44-35)46-38(26-33)36-23-22-32(27-45-36)29-18-20-30(21-19-29)40-42-41(34-15-7-8-17-39(34)49-42)48-43(47-40)31-13-5-2-6-14-31/h1-27,34,39H. The second-order valence-corrected chi connectivity index (χ2v) is 13.3. The van der Waals surface area contributed by atoms with Crippen LogP contribution in [0.5, 0.6) is 0 Å². The summed E-state index contributed by atoms with van der Waals surface area (Å²) in [5.74, 6) is 1.01. The van der Waals surface area contributed by atoms with Gasteiger partial charge in [-0.2, -0.15) is 0 Å². The topological polar surface area (TPSA) is 64.5 Å². The van der Waals surface area contributed by atoms with Crippen molar-refractivity contribution in [3.63, 3.8) is 0 Å². The molecule has 0 saturated carbocycles. The van der Waals surface area contributed by atoms with E-state index in [2.05, 4.69) is 96.0 Å². The Hall–Kier alpha value is -5.98. The molecule has 0 bridgehead atoms. The molecule has 2 unspecified atom stereocenters. The summed E-state index contributed by atoms with van der Waals surface area (Å²) in [6, 6.07) is 43.5. The lowest BCUT2D eigenvalue weighted by Crippen LogP contribution is -2.09. The Labute approximate surface area is 289 Å². The van der Waals surface area contributed by atoms with Gasteiger partial charge in [0.1, 0.15) is 0 Å². The first-order chi connectivity index (χ1) is 24.3. The van der Waals surface area contributed by atoms with Crippen LogP contribution in [0.2, 0.25) is 0 Å². The van der Waals surface area contributed by atoms with Gasteiger partial charge in [-0.1, -0.05) is 121 Å². The number of benzene rings is 3. The molecule has 0 N–H and O–H groups in total. The van der Waals surface area contributed by atoms with Gasteiger partial charge >= 0.3 is 0 Å². The second kappa shape index (κ2) is 12.6. The first-order valence-electron chi connectivity index (χ1n) is 16.3. The minimum Gasteiger partial charge on any atom is -0.255 e. The van der Waals surface area contributed by atoms with Gasteiger partial charge in [0.15, 0.2) is 5.82 Å². The number of hydrogen-bond donors (Lipinski definition) is 0. The van der Waals surface area contributed by atoms with Crippen LogP contribution in [0.4, 0.5) is 0 Å². The molecule has 2 aliphatic rings. The van der Waals surface area contributed by atoms with Gasteiger partial charge in [0.25, 0.3) is 0 Å². The Morgan fingerprint density at radius 2 is 1.12 bits per heavy atom. The largest absolute Gasteiger partial charge is 0.255 e.